The molecule has 1 fully saturated rings. The van der Waals surface area contributed by atoms with Crippen molar-refractivity contribution >= 4 is 5.91 Å². The predicted octanol–water partition coefficient (Wildman–Crippen LogP) is 2.54. The molecular weight excluding hydrogens is 361 g/mol. The summed E-state index contributed by atoms with van der Waals surface area (Å²) in [7, 11) is 0. The van der Waals surface area contributed by atoms with Gasteiger partial charge in [0.2, 0.25) is 11.7 Å². The van der Waals surface area contributed by atoms with Crippen molar-refractivity contribution in [2.45, 2.75) is 13.5 Å². The predicted molar refractivity (Wildman–Crippen MR) is 99.8 cm³/mol. The number of amides is 1. The zero-order chi connectivity index (χ0) is 19.5. The number of carbonyl (C=O) groups is 1. The van der Waals surface area contributed by atoms with Gasteiger partial charge in [-0.05, 0) is 36.8 Å². The van der Waals surface area contributed by atoms with Crippen molar-refractivity contribution in [3.8, 4) is 11.4 Å². The van der Waals surface area contributed by atoms with E-state index in [1.807, 2.05) is 12.1 Å². The molecule has 1 amide bonds. The first-order chi connectivity index (χ1) is 13.6. The Labute approximate surface area is 161 Å². The molecular formula is C20H20FN5O2. The molecule has 3 aromatic rings. The fraction of sp³-hybridized carbons (Fsp3) is 0.300. The lowest BCUT2D eigenvalue weighted by Gasteiger charge is -2.34. The summed E-state index contributed by atoms with van der Waals surface area (Å²) < 4.78 is 19.1. The third kappa shape index (κ3) is 3.91. The van der Waals surface area contributed by atoms with Crippen LogP contribution >= 0.6 is 0 Å². The van der Waals surface area contributed by atoms with Gasteiger partial charge in [0.25, 0.3) is 5.91 Å². The molecule has 0 aliphatic carbocycles. The van der Waals surface area contributed by atoms with E-state index in [2.05, 4.69) is 20.0 Å². The van der Waals surface area contributed by atoms with E-state index in [1.165, 1.54) is 6.07 Å². The molecule has 1 aromatic carbocycles. The van der Waals surface area contributed by atoms with Crippen LogP contribution in [0, 0.1) is 12.7 Å². The average molecular weight is 381 g/mol. The van der Waals surface area contributed by atoms with E-state index in [0.717, 1.165) is 5.56 Å². The summed E-state index contributed by atoms with van der Waals surface area (Å²) in [6.07, 6.45) is 3.38. The van der Waals surface area contributed by atoms with Crippen LogP contribution in [0.4, 0.5) is 4.39 Å². The highest BCUT2D eigenvalue weighted by Gasteiger charge is 2.24. The molecule has 0 atom stereocenters. The Bertz CT molecular complexity index is 968. The third-order valence-corrected chi connectivity index (χ3v) is 4.82. The third-order valence-electron chi connectivity index (χ3n) is 4.82. The smallest absolute Gasteiger partial charge is 0.254 e. The number of nitrogens with zero attached hydrogens (tertiary/aromatic N) is 5. The van der Waals surface area contributed by atoms with Crippen LogP contribution in [-0.4, -0.2) is 57.0 Å². The Morgan fingerprint density at radius 3 is 2.75 bits per heavy atom. The molecule has 4 rings (SSSR count). The van der Waals surface area contributed by atoms with Crippen LogP contribution in [0.15, 0.2) is 47.2 Å². The van der Waals surface area contributed by atoms with Crippen molar-refractivity contribution in [2.75, 3.05) is 26.2 Å². The molecule has 8 heteroatoms. The summed E-state index contributed by atoms with van der Waals surface area (Å²) in [5.41, 5.74) is 1.72. The Hall–Kier alpha value is -3.13. The van der Waals surface area contributed by atoms with Crippen LogP contribution < -0.4 is 0 Å². The molecule has 0 saturated carbocycles. The number of pyridine rings is 1. The van der Waals surface area contributed by atoms with E-state index in [4.69, 9.17) is 4.52 Å². The van der Waals surface area contributed by atoms with E-state index >= 15 is 0 Å². The minimum Gasteiger partial charge on any atom is -0.338 e. The maximum atomic E-state index is 13.7. The van der Waals surface area contributed by atoms with Crippen LogP contribution in [0.1, 0.15) is 21.8 Å². The Morgan fingerprint density at radius 1 is 1.21 bits per heavy atom. The Balaban J connectivity index is 1.34. The second-order valence-electron chi connectivity index (χ2n) is 6.79. The number of aryl methyl sites for hydroxylation is 1. The Morgan fingerprint density at radius 2 is 2.04 bits per heavy atom. The second kappa shape index (κ2) is 7.85. The summed E-state index contributed by atoms with van der Waals surface area (Å²) in [5.74, 6) is 0.540. The lowest BCUT2D eigenvalue weighted by Crippen LogP contribution is -2.48. The minimum absolute atomic E-state index is 0.143. The normalized spacial score (nSPS) is 15.0. The molecule has 0 bridgehead atoms. The second-order valence-corrected chi connectivity index (χ2v) is 6.79. The summed E-state index contributed by atoms with van der Waals surface area (Å²) in [5, 5.41) is 4.00. The number of halogens is 1. The number of rotatable bonds is 4. The first kappa shape index (κ1) is 18.2. The molecule has 1 aliphatic rings. The van der Waals surface area contributed by atoms with Gasteiger partial charge in [-0.15, -0.1) is 0 Å². The van der Waals surface area contributed by atoms with E-state index in [1.54, 1.807) is 36.4 Å². The number of hydrogen-bond donors (Lipinski definition) is 0. The van der Waals surface area contributed by atoms with Crippen molar-refractivity contribution in [1.82, 2.24) is 24.9 Å². The van der Waals surface area contributed by atoms with E-state index in [9.17, 15) is 9.18 Å². The first-order valence-electron chi connectivity index (χ1n) is 9.11. The largest absolute Gasteiger partial charge is 0.338 e. The highest BCUT2D eigenvalue weighted by Crippen LogP contribution is 2.16. The number of piperazine rings is 1. The van der Waals surface area contributed by atoms with Crippen LogP contribution in [0.25, 0.3) is 11.4 Å². The fourth-order valence-electron chi connectivity index (χ4n) is 3.14. The number of aromatic nitrogens is 3. The highest BCUT2D eigenvalue weighted by molar-refractivity contribution is 5.94. The molecule has 0 unspecified atom stereocenters. The molecule has 2 aromatic heterocycles. The van der Waals surface area contributed by atoms with Crippen molar-refractivity contribution in [3.63, 3.8) is 0 Å². The van der Waals surface area contributed by atoms with E-state index in [-0.39, 0.29) is 11.7 Å². The quantitative estimate of drug-likeness (QED) is 0.691. The molecule has 0 radical (unpaired) electrons. The van der Waals surface area contributed by atoms with Crippen LogP contribution in [0.3, 0.4) is 0 Å². The molecule has 0 N–H and O–H groups in total. The summed E-state index contributed by atoms with van der Waals surface area (Å²) >= 11 is 0. The van der Waals surface area contributed by atoms with E-state index in [0.29, 0.717) is 55.6 Å². The molecule has 1 saturated heterocycles. The van der Waals surface area contributed by atoms with Gasteiger partial charge in [-0.2, -0.15) is 4.98 Å². The van der Waals surface area contributed by atoms with Crippen molar-refractivity contribution in [2.24, 2.45) is 0 Å². The van der Waals surface area contributed by atoms with Crippen LogP contribution in [0.5, 0.6) is 0 Å². The average Bonchev–Trinajstić information content (AvgIpc) is 3.19. The monoisotopic (exact) mass is 381 g/mol. The van der Waals surface area contributed by atoms with Gasteiger partial charge in [-0.1, -0.05) is 11.2 Å². The number of benzene rings is 1. The zero-order valence-electron chi connectivity index (χ0n) is 15.5. The molecule has 3 heterocycles. The van der Waals surface area contributed by atoms with Gasteiger partial charge < -0.3 is 9.42 Å². The van der Waals surface area contributed by atoms with Gasteiger partial charge in [-0.3, -0.25) is 14.7 Å². The molecule has 0 spiro atoms. The van der Waals surface area contributed by atoms with Gasteiger partial charge in [0.1, 0.15) is 5.82 Å². The maximum Gasteiger partial charge on any atom is 0.254 e. The van der Waals surface area contributed by atoms with Crippen molar-refractivity contribution < 1.29 is 13.7 Å². The topological polar surface area (TPSA) is 75.4 Å². The summed E-state index contributed by atoms with van der Waals surface area (Å²) in [6, 6.07) is 8.31. The molecule has 28 heavy (non-hydrogen) atoms. The Kier molecular flexibility index (Phi) is 5.12. The summed E-state index contributed by atoms with van der Waals surface area (Å²) in [6.45, 7) is 4.71. The first-order valence-corrected chi connectivity index (χ1v) is 9.11. The van der Waals surface area contributed by atoms with Crippen molar-refractivity contribution in [1.29, 1.82) is 0 Å². The van der Waals surface area contributed by atoms with Crippen LogP contribution in [0.2, 0.25) is 0 Å². The van der Waals surface area contributed by atoms with Gasteiger partial charge in [0, 0.05) is 49.7 Å². The highest BCUT2D eigenvalue weighted by atomic mass is 19.1. The summed E-state index contributed by atoms with van der Waals surface area (Å²) in [4.78, 5) is 24.9. The molecule has 1 aliphatic heterocycles. The van der Waals surface area contributed by atoms with Crippen molar-refractivity contribution in [3.05, 3.63) is 65.6 Å². The standard InChI is InChI=1S/C20H20FN5O2/c1-14-4-5-15(11-17(14)21)20(27)26-9-7-25(8-10-26)13-18-23-19(24-28-18)16-3-2-6-22-12-16/h2-6,11-12H,7-10,13H2,1H3. The SMILES string of the molecule is Cc1ccc(C(=O)N2CCN(Cc3nc(-c4cccnc4)no3)CC2)cc1F. The van der Waals surface area contributed by atoms with Crippen LogP contribution in [-0.2, 0) is 6.54 Å². The van der Waals surface area contributed by atoms with Gasteiger partial charge >= 0.3 is 0 Å². The number of carbonyl (C=O) groups excluding carboxylic acids is 1. The lowest BCUT2D eigenvalue weighted by molar-refractivity contribution is 0.0614. The van der Waals surface area contributed by atoms with Gasteiger partial charge in [-0.25, -0.2) is 4.39 Å². The number of hydrogen-bond acceptors (Lipinski definition) is 6. The lowest BCUT2D eigenvalue weighted by atomic mass is 10.1. The zero-order valence-corrected chi connectivity index (χ0v) is 15.5. The minimum atomic E-state index is -0.356. The van der Waals surface area contributed by atoms with Gasteiger partial charge in [0.05, 0.1) is 6.54 Å². The molecule has 7 nitrogen and oxygen atoms in total. The van der Waals surface area contributed by atoms with Gasteiger partial charge in [0.15, 0.2) is 0 Å². The maximum absolute atomic E-state index is 13.7. The fourth-order valence-corrected chi connectivity index (χ4v) is 3.14. The van der Waals surface area contributed by atoms with E-state index < -0.39 is 0 Å². The molecule has 144 valence electrons.